The van der Waals surface area contributed by atoms with Crippen molar-refractivity contribution in [1.29, 1.82) is 0 Å². The van der Waals surface area contributed by atoms with Crippen LogP contribution < -0.4 is 5.32 Å². The molecule has 1 aliphatic heterocycles. The molecular formula is C16H28N2O3. The molecule has 120 valence electrons. The summed E-state index contributed by atoms with van der Waals surface area (Å²) >= 11 is 0. The Kier molecular flexibility index (Phi) is 4.61. The third-order valence-electron chi connectivity index (χ3n) is 5.13. The maximum Gasteiger partial charge on any atom is 0.246 e. The lowest BCUT2D eigenvalue weighted by molar-refractivity contribution is -0.182. The van der Waals surface area contributed by atoms with Crippen LogP contribution in [0.2, 0.25) is 0 Å². The van der Waals surface area contributed by atoms with Gasteiger partial charge in [-0.2, -0.15) is 0 Å². The van der Waals surface area contributed by atoms with Crippen molar-refractivity contribution < 1.29 is 14.3 Å². The first-order valence-electron chi connectivity index (χ1n) is 8.12. The van der Waals surface area contributed by atoms with Gasteiger partial charge in [0.2, 0.25) is 11.8 Å². The van der Waals surface area contributed by atoms with Crippen LogP contribution >= 0.6 is 0 Å². The second-order valence-corrected chi connectivity index (χ2v) is 6.66. The second kappa shape index (κ2) is 5.95. The number of nitrogens with one attached hydrogen (secondary N) is 1. The van der Waals surface area contributed by atoms with Crippen LogP contribution in [0.5, 0.6) is 0 Å². The van der Waals surface area contributed by atoms with E-state index in [2.05, 4.69) is 19.2 Å². The van der Waals surface area contributed by atoms with E-state index in [1.807, 2.05) is 25.7 Å². The van der Waals surface area contributed by atoms with E-state index in [4.69, 9.17) is 4.74 Å². The Morgan fingerprint density at radius 3 is 2.38 bits per heavy atom. The van der Waals surface area contributed by atoms with Gasteiger partial charge >= 0.3 is 0 Å². The highest BCUT2D eigenvalue weighted by atomic mass is 16.5. The largest absolute Gasteiger partial charge is 0.378 e. The molecular weight excluding hydrogens is 268 g/mol. The number of nitrogens with zero attached hydrogens (tertiary/aromatic N) is 1. The minimum absolute atomic E-state index is 0.0143. The molecule has 4 atom stereocenters. The summed E-state index contributed by atoms with van der Waals surface area (Å²) < 4.78 is 5.76. The summed E-state index contributed by atoms with van der Waals surface area (Å²) in [5, 5.41) is 2.85. The van der Waals surface area contributed by atoms with E-state index in [1.165, 1.54) is 0 Å². The monoisotopic (exact) mass is 296 g/mol. The topological polar surface area (TPSA) is 58.6 Å². The SMILES string of the molecule is CCOC1CC(N2C(=O)C(CC)NC(=O)C2CC)C1(C)C. The summed E-state index contributed by atoms with van der Waals surface area (Å²) in [6.07, 6.45) is 2.29. The average molecular weight is 296 g/mol. The van der Waals surface area contributed by atoms with Crippen molar-refractivity contribution in [3.63, 3.8) is 0 Å². The third kappa shape index (κ3) is 2.56. The highest BCUT2D eigenvalue weighted by Crippen LogP contribution is 2.47. The van der Waals surface area contributed by atoms with Crippen LogP contribution in [-0.4, -0.2) is 47.6 Å². The van der Waals surface area contributed by atoms with E-state index in [9.17, 15) is 9.59 Å². The molecule has 21 heavy (non-hydrogen) atoms. The van der Waals surface area contributed by atoms with Crippen molar-refractivity contribution in [3.8, 4) is 0 Å². The van der Waals surface area contributed by atoms with Gasteiger partial charge in [-0.15, -0.1) is 0 Å². The van der Waals surface area contributed by atoms with Crippen LogP contribution in [-0.2, 0) is 14.3 Å². The fraction of sp³-hybridized carbons (Fsp3) is 0.875. The van der Waals surface area contributed by atoms with Gasteiger partial charge in [0, 0.05) is 18.1 Å². The van der Waals surface area contributed by atoms with E-state index >= 15 is 0 Å². The van der Waals surface area contributed by atoms with Gasteiger partial charge in [0.05, 0.1) is 6.10 Å². The van der Waals surface area contributed by atoms with Gasteiger partial charge in [0.1, 0.15) is 12.1 Å². The number of amides is 2. The Bertz CT molecular complexity index is 422. The molecule has 0 aromatic carbocycles. The maximum absolute atomic E-state index is 12.7. The Morgan fingerprint density at radius 2 is 1.90 bits per heavy atom. The van der Waals surface area contributed by atoms with Gasteiger partial charge in [-0.1, -0.05) is 27.7 Å². The minimum Gasteiger partial charge on any atom is -0.378 e. The summed E-state index contributed by atoms with van der Waals surface area (Å²) in [6.45, 7) is 10.8. The Balaban J connectivity index is 2.23. The van der Waals surface area contributed by atoms with Crippen molar-refractivity contribution in [3.05, 3.63) is 0 Å². The number of rotatable bonds is 5. The van der Waals surface area contributed by atoms with E-state index in [0.717, 1.165) is 6.42 Å². The van der Waals surface area contributed by atoms with E-state index in [0.29, 0.717) is 19.4 Å². The fourth-order valence-corrected chi connectivity index (χ4v) is 3.64. The zero-order valence-electron chi connectivity index (χ0n) is 13.8. The molecule has 0 radical (unpaired) electrons. The van der Waals surface area contributed by atoms with Crippen molar-refractivity contribution >= 4 is 11.8 Å². The summed E-state index contributed by atoms with van der Waals surface area (Å²) in [7, 11) is 0. The predicted molar refractivity (Wildman–Crippen MR) is 80.7 cm³/mol. The van der Waals surface area contributed by atoms with Crippen molar-refractivity contribution in [1.82, 2.24) is 10.2 Å². The zero-order chi connectivity index (χ0) is 15.8. The van der Waals surface area contributed by atoms with Crippen LogP contribution in [0.1, 0.15) is 53.9 Å². The fourth-order valence-electron chi connectivity index (χ4n) is 3.64. The van der Waals surface area contributed by atoms with Crippen LogP contribution in [0.4, 0.5) is 0 Å². The first-order valence-corrected chi connectivity index (χ1v) is 8.12. The summed E-state index contributed by atoms with van der Waals surface area (Å²) in [5.41, 5.74) is -0.102. The molecule has 2 fully saturated rings. The molecule has 5 nitrogen and oxygen atoms in total. The molecule has 2 amide bonds. The smallest absolute Gasteiger partial charge is 0.246 e. The van der Waals surface area contributed by atoms with Crippen LogP contribution in [0.15, 0.2) is 0 Å². The van der Waals surface area contributed by atoms with Crippen LogP contribution in [0, 0.1) is 5.41 Å². The Labute approximate surface area is 127 Å². The molecule has 1 heterocycles. The first-order chi connectivity index (χ1) is 9.88. The molecule has 1 N–H and O–H groups in total. The highest BCUT2D eigenvalue weighted by molar-refractivity contribution is 5.97. The number of carbonyl (C=O) groups is 2. The second-order valence-electron chi connectivity index (χ2n) is 6.66. The molecule has 2 rings (SSSR count). The summed E-state index contributed by atoms with van der Waals surface area (Å²) in [6, 6.07) is -0.624. The molecule has 0 aromatic rings. The molecule has 4 unspecified atom stereocenters. The predicted octanol–water partition coefficient (Wildman–Crippen LogP) is 1.71. The quantitative estimate of drug-likeness (QED) is 0.840. The van der Waals surface area contributed by atoms with Crippen molar-refractivity contribution in [2.45, 2.75) is 78.1 Å². The van der Waals surface area contributed by atoms with E-state index in [-0.39, 0.29) is 41.5 Å². The molecule has 2 aliphatic rings. The molecule has 0 bridgehead atoms. The lowest BCUT2D eigenvalue weighted by Gasteiger charge is -2.58. The third-order valence-corrected chi connectivity index (χ3v) is 5.13. The molecule has 0 spiro atoms. The number of piperazine rings is 1. The van der Waals surface area contributed by atoms with Crippen LogP contribution in [0.3, 0.4) is 0 Å². The van der Waals surface area contributed by atoms with Crippen LogP contribution in [0.25, 0.3) is 0 Å². The van der Waals surface area contributed by atoms with Gasteiger partial charge in [-0.25, -0.2) is 0 Å². The standard InChI is InChI=1S/C16H28N2O3/c1-6-10-15(20)18(11(7-2)14(19)17-10)12-9-13(21-8-3)16(12,4)5/h10-13H,6-9H2,1-5H3,(H,17,19). The van der Waals surface area contributed by atoms with Gasteiger partial charge in [-0.05, 0) is 26.2 Å². The molecule has 0 aromatic heterocycles. The summed E-state index contributed by atoms with van der Waals surface area (Å²) in [4.78, 5) is 26.9. The van der Waals surface area contributed by atoms with E-state index in [1.54, 1.807) is 0 Å². The number of hydrogen-bond acceptors (Lipinski definition) is 3. The highest BCUT2D eigenvalue weighted by Gasteiger charge is 2.56. The van der Waals surface area contributed by atoms with Gasteiger partial charge in [0.15, 0.2) is 0 Å². The normalized spacial score (nSPS) is 35.4. The lowest BCUT2D eigenvalue weighted by atomic mass is 9.63. The average Bonchev–Trinajstić information content (AvgIpc) is 2.45. The maximum atomic E-state index is 12.7. The number of hydrogen-bond donors (Lipinski definition) is 1. The van der Waals surface area contributed by atoms with Crippen molar-refractivity contribution in [2.24, 2.45) is 5.41 Å². The molecule has 5 heteroatoms. The first kappa shape index (κ1) is 16.3. The molecule has 1 aliphatic carbocycles. The van der Waals surface area contributed by atoms with E-state index < -0.39 is 0 Å². The molecule has 1 saturated heterocycles. The Morgan fingerprint density at radius 1 is 1.24 bits per heavy atom. The van der Waals surface area contributed by atoms with Gasteiger partial charge in [-0.3, -0.25) is 9.59 Å². The summed E-state index contributed by atoms with van der Waals surface area (Å²) in [5.74, 6) is 0.0524. The minimum atomic E-state index is -0.373. The zero-order valence-corrected chi connectivity index (χ0v) is 13.8. The molecule has 1 saturated carbocycles. The Hall–Kier alpha value is -1.10. The van der Waals surface area contributed by atoms with Gasteiger partial charge in [0.25, 0.3) is 0 Å². The number of carbonyl (C=O) groups excluding carboxylic acids is 2. The number of ether oxygens (including phenoxy) is 1. The lowest BCUT2D eigenvalue weighted by Crippen LogP contribution is -2.72. The van der Waals surface area contributed by atoms with Crippen molar-refractivity contribution in [2.75, 3.05) is 6.61 Å². The van der Waals surface area contributed by atoms with Gasteiger partial charge < -0.3 is 15.0 Å².